The Morgan fingerprint density at radius 1 is 1.13 bits per heavy atom. The molecule has 4 nitrogen and oxygen atoms in total. The molecule has 0 aliphatic carbocycles. The Kier molecular flexibility index (Phi) is 1.48. The second kappa shape index (κ2) is 2.70. The summed E-state index contributed by atoms with van der Waals surface area (Å²) in [6.07, 6.45) is 1.76. The van der Waals surface area contributed by atoms with Crippen molar-refractivity contribution in [3.8, 4) is 0 Å². The van der Waals surface area contributed by atoms with Gasteiger partial charge in [-0.1, -0.05) is 12.1 Å². The minimum atomic E-state index is -0.207. The van der Waals surface area contributed by atoms with Gasteiger partial charge in [0.25, 0.3) is 5.56 Å². The summed E-state index contributed by atoms with van der Waals surface area (Å²) in [4.78, 5) is 15.2. The Morgan fingerprint density at radius 2 is 1.87 bits per heavy atom. The lowest BCUT2D eigenvalue weighted by Gasteiger charge is -1.93. The van der Waals surface area contributed by atoms with Crippen LogP contribution in [0.1, 0.15) is 0 Å². The second-order valence-electron chi connectivity index (χ2n) is 3.48. The fraction of sp³-hybridized carbons (Fsp3) is 0.0909. The number of benzene rings is 1. The lowest BCUT2D eigenvalue weighted by molar-refractivity contribution is 0.939. The van der Waals surface area contributed by atoms with E-state index in [1.807, 2.05) is 40.3 Å². The van der Waals surface area contributed by atoms with Crippen LogP contribution >= 0.6 is 0 Å². The van der Waals surface area contributed by atoms with Crippen LogP contribution in [0.4, 0.5) is 0 Å². The molecule has 0 saturated heterocycles. The zero-order chi connectivity index (χ0) is 10.4. The molecule has 3 rings (SSSR count). The quantitative estimate of drug-likeness (QED) is 0.545. The van der Waals surface area contributed by atoms with Crippen LogP contribution < -0.4 is 5.56 Å². The summed E-state index contributed by atoms with van der Waals surface area (Å²) < 4.78 is 3.83. The van der Waals surface area contributed by atoms with Gasteiger partial charge in [0.2, 0.25) is 5.78 Å². The standard InChI is InChI=1S/C11H9N3O/c1-13-8-4-2-3-5-9(8)14-7-6-10(15)12-11(13)14/h2-7H,1H3. The van der Waals surface area contributed by atoms with Gasteiger partial charge >= 0.3 is 0 Å². The van der Waals surface area contributed by atoms with E-state index in [1.165, 1.54) is 6.07 Å². The summed E-state index contributed by atoms with van der Waals surface area (Å²) in [7, 11) is 1.91. The molecule has 0 fully saturated rings. The van der Waals surface area contributed by atoms with Gasteiger partial charge in [-0.05, 0) is 12.1 Å². The van der Waals surface area contributed by atoms with Crippen molar-refractivity contribution in [2.24, 2.45) is 7.05 Å². The predicted molar refractivity (Wildman–Crippen MR) is 57.9 cm³/mol. The summed E-state index contributed by atoms with van der Waals surface area (Å²) in [5.41, 5.74) is 1.92. The third-order valence-electron chi connectivity index (χ3n) is 2.59. The lowest BCUT2D eigenvalue weighted by atomic mass is 10.3. The normalized spacial score (nSPS) is 11.3. The number of imidazole rings is 1. The van der Waals surface area contributed by atoms with Gasteiger partial charge in [-0.25, -0.2) is 0 Å². The highest BCUT2D eigenvalue weighted by Crippen LogP contribution is 2.16. The van der Waals surface area contributed by atoms with Crippen LogP contribution in [0, 0.1) is 0 Å². The van der Waals surface area contributed by atoms with Gasteiger partial charge in [-0.2, -0.15) is 4.98 Å². The van der Waals surface area contributed by atoms with Crippen LogP contribution in [-0.4, -0.2) is 14.0 Å². The van der Waals surface area contributed by atoms with Crippen LogP contribution in [0.3, 0.4) is 0 Å². The van der Waals surface area contributed by atoms with Crippen LogP contribution in [-0.2, 0) is 7.05 Å². The van der Waals surface area contributed by atoms with E-state index >= 15 is 0 Å². The molecule has 4 heteroatoms. The summed E-state index contributed by atoms with van der Waals surface area (Å²) >= 11 is 0. The molecule has 1 aromatic carbocycles. The van der Waals surface area contributed by atoms with E-state index in [2.05, 4.69) is 4.98 Å². The topological polar surface area (TPSA) is 39.3 Å². The number of rotatable bonds is 0. The van der Waals surface area contributed by atoms with Gasteiger partial charge in [-0.3, -0.25) is 9.20 Å². The number of fused-ring (bicyclic) bond motifs is 3. The van der Waals surface area contributed by atoms with Crippen molar-refractivity contribution in [1.82, 2.24) is 14.0 Å². The largest absolute Gasteiger partial charge is 0.313 e. The Hall–Kier alpha value is -2.10. The van der Waals surface area contributed by atoms with Crippen LogP contribution in [0.5, 0.6) is 0 Å². The molecule has 74 valence electrons. The minimum absolute atomic E-state index is 0.207. The fourth-order valence-corrected chi connectivity index (χ4v) is 1.88. The van der Waals surface area contributed by atoms with Crippen molar-refractivity contribution in [1.29, 1.82) is 0 Å². The number of para-hydroxylation sites is 2. The number of aryl methyl sites for hydroxylation is 1. The highest BCUT2D eigenvalue weighted by Gasteiger charge is 2.06. The molecule has 0 unspecified atom stereocenters. The van der Waals surface area contributed by atoms with E-state index in [-0.39, 0.29) is 5.56 Å². The molecule has 2 heterocycles. The van der Waals surface area contributed by atoms with Gasteiger partial charge in [0.05, 0.1) is 11.0 Å². The van der Waals surface area contributed by atoms with Crippen molar-refractivity contribution in [2.45, 2.75) is 0 Å². The third kappa shape index (κ3) is 1.01. The zero-order valence-corrected chi connectivity index (χ0v) is 8.21. The number of aromatic nitrogens is 3. The number of hydrogen-bond donors (Lipinski definition) is 0. The Labute approximate surface area is 85.4 Å². The fourth-order valence-electron chi connectivity index (χ4n) is 1.88. The smallest absolute Gasteiger partial charge is 0.274 e. The molecule has 3 aromatic rings. The van der Waals surface area contributed by atoms with Gasteiger partial charge in [0, 0.05) is 19.3 Å². The zero-order valence-electron chi connectivity index (χ0n) is 8.21. The maximum Gasteiger partial charge on any atom is 0.274 e. The molecule has 15 heavy (non-hydrogen) atoms. The maximum atomic E-state index is 11.2. The van der Waals surface area contributed by atoms with Crippen molar-refractivity contribution in [3.05, 3.63) is 46.9 Å². The summed E-state index contributed by atoms with van der Waals surface area (Å²) in [6.45, 7) is 0. The highest BCUT2D eigenvalue weighted by atomic mass is 16.1. The average molecular weight is 199 g/mol. The van der Waals surface area contributed by atoms with E-state index < -0.39 is 0 Å². The van der Waals surface area contributed by atoms with Gasteiger partial charge in [0.15, 0.2) is 0 Å². The lowest BCUT2D eigenvalue weighted by Crippen LogP contribution is -2.07. The molecule has 0 bridgehead atoms. The number of nitrogens with zero attached hydrogens (tertiary/aromatic N) is 3. The molecule has 0 spiro atoms. The van der Waals surface area contributed by atoms with Crippen LogP contribution in [0.15, 0.2) is 41.3 Å². The molecule has 2 aromatic heterocycles. The van der Waals surface area contributed by atoms with E-state index in [0.29, 0.717) is 5.78 Å². The average Bonchev–Trinajstić information content (AvgIpc) is 2.54. The molecule has 0 atom stereocenters. The van der Waals surface area contributed by atoms with Crippen molar-refractivity contribution >= 4 is 16.8 Å². The summed E-state index contributed by atoms with van der Waals surface area (Å²) in [5, 5.41) is 0. The van der Waals surface area contributed by atoms with Crippen molar-refractivity contribution in [3.63, 3.8) is 0 Å². The molecular formula is C11H9N3O. The molecular weight excluding hydrogens is 190 g/mol. The van der Waals surface area contributed by atoms with E-state index in [4.69, 9.17) is 0 Å². The molecule has 0 N–H and O–H groups in total. The summed E-state index contributed by atoms with van der Waals surface area (Å²) in [6, 6.07) is 9.43. The minimum Gasteiger partial charge on any atom is -0.313 e. The van der Waals surface area contributed by atoms with Crippen LogP contribution in [0.2, 0.25) is 0 Å². The Balaban J connectivity index is 2.69. The second-order valence-corrected chi connectivity index (χ2v) is 3.48. The Morgan fingerprint density at radius 3 is 2.67 bits per heavy atom. The SMILES string of the molecule is Cn1c2ccccc2n2ccc(=O)nc12. The molecule has 0 radical (unpaired) electrons. The van der Waals surface area contributed by atoms with Gasteiger partial charge in [-0.15, -0.1) is 0 Å². The van der Waals surface area contributed by atoms with Gasteiger partial charge in [0.1, 0.15) is 0 Å². The monoisotopic (exact) mass is 199 g/mol. The predicted octanol–water partition coefficient (Wildman–Crippen LogP) is 1.19. The summed E-state index contributed by atoms with van der Waals surface area (Å²) in [5.74, 6) is 0.670. The van der Waals surface area contributed by atoms with Crippen LogP contribution in [0.25, 0.3) is 16.8 Å². The first-order valence-electron chi connectivity index (χ1n) is 4.70. The maximum absolute atomic E-state index is 11.2. The first-order valence-corrected chi connectivity index (χ1v) is 4.70. The van der Waals surface area contributed by atoms with Crippen molar-refractivity contribution < 1.29 is 0 Å². The van der Waals surface area contributed by atoms with E-state index in [1.54, 1.807) is 6.20 Å². The van der Waals surface area contributed by atoms with Crippen molar-refractivity contribution in [2.75, 3.05) is 0 Å². The Bertz CT molecular complexity index is 708. The number of hydrogen-bond acceptors (Lipinski definition) is 2. The molecule has 0 saturated carbocycles. The molecule has 0 amide bonds. The van der Waals surface area contributed by atoms with E-state index in [0.717, 1.165) is 11.0 Å². The van der Waals surface area contributed by atoms with E-state index in [9.17, 15) is 4.79 Å². The van der Waals surface area contributed by atoms with Gasteiger partial charge < -0.3 is 4.57 Å². The first kappa shape index (κ1) is 8.23. The third-order valence-corrected chi connectivity index (χ3v) is 2.59. The first-order chi connectivity index (χ1) is 7.27. The molecule has 0 aliphatic rings. The molecule has 0 aliphatic heterocycles. The highest BCUT2D eigenvalue weighted by molar-refractivity contribution is 5.80.